The van der Waals surface area contributed by atoms with Gasteiger partial charge in [0, 0.05) is 32.7 Å². The van der Waals surface area contributed by atoms with Crippen LogP contribution in [0.4, 0.5) is 0 Å². The topological polar surface area (TPSA) is 114 Å². The lowest BCUT2D eigenvalue weighted by Crippen LogP contribution is -2.57. The Bertz CT molecular complexity index is 1060. The monoisotopic (exact) mass is 487 g/mol. The number of nitrogens with one attached hydrogen (secondary N) is 1. The number of likely N-dealkylation sites (tertiary alicyclic amines) is 1. The molecule has 3 fully saturated rings. The van der Waals surface area contributed by atoms with Crippen LogP contribution in [0, 0.1) is 30.1 Å². The predicted molar refractivity (Wildman–Crippen MR) is 126 cm³/mol. The van der Waals surface area contributed by atoms with E-state index in [1.165, 1.54) is 8.61 Å². The predicted octanol–water partition coefficient (Wildman–Crippen LogP) is 1.58. The van der Waals surface area contributed by atoms with Crippen molar-refractivity contribution in [3.63, 3.8) is 0 Å². The van der Waals surface area contributed by atoms with E-state index in [1.807, 2.05) is 38.1 Å². The van der Waals surface area contributed by atoms with Crippen LogP contribution < -0.4 is 5.32 Å². The number of amides is 2. The highest BCUT2D eigenvalue weighted by atomic mass is 32.2. The molecule has 10 heteroatoms. The number of nitrogens with zero attached hydrogens (tertiary/aromatic N) is 4. The number of carbonyl (C=O) groups excluding carboxylic acids is 2. The summed E-state index contributed by atoms with van der Waals surface area (Å²) in [6.07, 6.45) is 2.56. The minimum Gasteiger partial charge on any atom is -0.348 e. The van der Waals surface area contributed by atoms with Gasteiger partial charge in [-0.3, -0.25) is 9.59 Å². The lowest BCUT2D eigenvalue weighted by atomic mass is 9.97. The summed E-state index contributed by atoms with van der Waals surface area (Å²) in [5, 5.41) is 12.0. The summed E-state index contributed by atoms with van der Waals surface area (Å²) < 4.78 is 28.5. The van der Waals surface area contributed by atoms with Crippen molar-refractivity contribution in [2.45, 2.75) is 51.6 Å². The van der Waals surface area contributed by atoms with Gasteiger partial charge in [0.2, 0.25) is 11.8 Å². The Morgan fingerprint density at radius 3 is 2.41 bits per heavy atom. The van der Waals surface area contributed by atoms with Gasteiger partial charge in [-0.2, -0.15) is 22.3 Å². The Balaban J connectivity index is 1.38. The molecular weight excluding hydrogens is 454 g/mol. The van der Waals surface area contributed by atoms with Gasteiger partial charge in [0.05, 0.1) is 23.9 Å². The Hall–Kier alpha value is -2.48. The second kappa shape index (κ2) is 10.0. The molecule has 0 bridgehead atoms. The molecule has 2 amide bonds. The van der Waals surface area contributed by atoms with Crippen LogP contribution in [0.1, 0.15) is 49.8 Å². The van der Waals surface area contributed by atoms with E-state index in [4.69, 9.17) is 5.26 Å². The van der Waals surface area contributed by atoms with Crippen LogP contribution >= 0.6 is 0 Å². The number of nitriles is 1. The zero-order valence-corrected chi connectivity index (χ0v) is 20.6. The molecule has 0 aromatic heterocycles. The van der Waals surface area contributed by atoms with Crippen molar-refractivity contribution in [1.82, 2.24) is 18.8 Å². The summed E-state index contributed by atoms with van der Waals surface area (Å²) in [6, 6.07) is 9.39. The summed E-state index contributed by atoms with van der Waals surface area (Å²) in [5.74, 6) is -1.02. The van der Waals surface area contributed by atoms with Crippen LogP contribution in [0.3, 0.4) is 0 Å². The van der Waals surface area contributed by atoms with Crippen LogP contribution in [-0.2, 0) is 19.8 Å². The Labute approximate surface area is 201 Å². The van der Waals surface area contributed by atoms with Crippen LogP contribution in [0.25, 0.3) is 0 Å². The van der Waals surface area contributed by atoms with Crippen LogP contribution in [0.2, 0.25) is 0 Å². The van der Waals surface area contributed by atoms with E-state index in [1.54, 1.807) is 4.90 Å². The zero-order chi connectivity index (χ0) is 24.5. The van der Waals surface area contributed by atoms with E-state index < -0.39 is 22.2 Å². The fraction of sp³-hybridized carbons (Fsp3) is 0.625. The summed E-state index contributed by atoms with van der Waals surface area (Å²) in [6.45, 7) is 5.37. The molecule has 3 heterocycles. The number of piperidine rings is 1. The zero-order valence-electron chi connectivity index (χ0n) is 19.8. The minimum atomic E-state index is -3.67. The van der Waals surface area contributed by atoms with E-state index in [-0.39, 0.29) is 43.4 Å². The summed E-state index contributed by atoms with van der Waals surface area (Å²) in [4.78, 5) is 28.1. The highest BCUT2D eigenvalue weighted by Crippen LogP contribution is 2.29. The summed E-state index contributed by atoms with van der Waals surface area (Å²) in [7, 11) is -3.67. The molecule has 1 aromatic carbocycles. The van der Waals surface area contributed by atoms with Crippen LogP contribution in [0.15, 0.2) is 24.3 Å². The second-order valence-corrected chi connectivity index (χ2v) is 11.6. The maximum Gasteiger partial charge on any atom is 0.282 e. The SMILES string of the molecule is Cc1ccc([C@@H](C)NC(=O)[C@H]2CCCN2C(=O)[C@H]2CCCN(S(=O)(=O)N3CC(C#N)C3)C2)cc1. The molecule has 1 aromatic rings. The molecule has 0 spiro atoms. The first kappa shape index (κ1) is 24.6. The van der Waals surface area contributed by atoms with Gasteiger partial charge in [-0.1, -0.05) is 29.8 Å². The maximum absolute atomic E-state index is 13.4. The molecule has 3 aliphatic rings. The fourth-order valence-corrected chi connectivity index (χ4v) is 6.80. The van der Waals surface area contributed by atoms with E-state index in [0.29, 0.717) is 32.4 Å². The molecule has 3 saturated heterocycles. The van der Waals surface area contributed by atoms with E-state index in [9.17, 15) is 18.0 Å². The van der Waals surface area contributed by atoms with Crippen molar-refractivity contribution in [2.75, 3.05) is 32.7 Å². The molecular formula is C24H33N5O4S. The Morgan fingerprint density at radius 1 is 1.06 bits per heavy atom. The van der Waals surface area contributed by atoms with Gasteiger partial charge in [-0.05, 0) is 45.1 Å². The highest BCUT2D eigenvalue weighted by molar-refractivity contribution is 7.86. The normalized spacial score (nSPS) is 25.4. The molecule has 0 radical (unpaired) electrons. The number of benzene rings is 1. The van der Waals surface area contributed by atoms with Gasteiger partial charge in [0.15, 0.2) is 0 Å². The number of carbonyl (C=O) groups is 2. The van der Waals surface area contributed by atoms with Crippen molar-refractivity contribution >= 4 is 22.0 Å². The summed E-state index contributed by atoms with van der Waals surface area (Å²) in [5.41, 5.74) is 2.16. The van der Waals surface area contributed by atoms with Crippen LogP contribution in [-0.4, -0.2) is 72.5 Å². The third-order valence-electron chi connectivity index (χ3n) is 7.19. The highest BCUT2D eigenvalue weighted by Gasteiger charge is 2.44. The molecule has 0 aliphatic carbocycles. The molecule has 184 valence electrons. The number of aryl methyl sites for hydroxylation is 1. The Kier molecular flexibility index (Phi) is 7.26. The second-order valence-electron chi connectivity index (χ2n) is 9.68. The Morgan fingerprint density at radius 2 is 1.74 bits per heavy atom. The average molecular weight is 488 g/mol. The average Bonchev–Trinajstić information content (AvgIpc) is 3.28. The molecule has 34 heavy (non-hydrogen) atoms. The first-order valence-electron chi connectivity index (χ1n) is 12.0. The number of hydrogen-bond donors (Lipinski definition) is 1. The smallest absolute Gasteiger partial charge is 0.282 e. The molecule has 3 atom stereocenters. The maximum atomic E-state index is 13.4. The molecule has 0 saturated carbocycles. The van der Waals surface area contributed by atoms with E-state index >= 15 is 0 Å². The fourth-order valence-electron chi connectivity index (χ4n) is 5.01. The van der Waals surface area contributed by atoms with Gasteiger partial charge in [-0.15, -0.1) is 0 Å². The first-order valence-corrected chi connectivity index (χ1v) is 13.4. The van der Waals surface area contributed by atoms with Crippen molar-refractivity contribution in [2.24, 2.45) is 11.8 Å². The molecule has 0 unspecified atom stereocenters. The third-order valence-corrected chi connectivity index (χ3v) is 9.13. The standard InChI is InChI=1S/C24H33N5O4S/c1-17-7-9-20(10-8-17)18(2)26-23(30)22-6-4-12-29(22)24(31)21-5-3-11-27(16-21)34(32,33)28-14-19(13-25)15-28/h7-10,18-19,21-22H,3-6,11-12,14-16H2,1-2H3,(H,26,30)/t18-,21+,22-/m1/s1. The van der Waals surface area contributed by atoms with Gasteiger partial charge < -0.3 is 10.2 Å². The van der Waals surface area contributed by atoms with Crippen LogP contribution in [0.5, 0.6) is 0 Å². The molecule has 1 N–H and O–H groups in total. The lowest BCUT2D eigenvalue weighted by Gasteiger charge is -2.41. The van der Waals surface area contributed by atoms with Crippen molar-refractivity contribution in [3.05, 3.63) is 35.4 Å². The van der Waals surface area contributed by atoms with Gasteiger partial charge in [0.25, 0.3) is 10.2 Å². The third kappa shape index (κ3) is 4.97. The minimum absolute atomic E-state index is 0.124. The number of hydrogen-bond acceptors (Lipinski definition) is 5. The van der Waals surface area contributed by atoms with E-state index in [2.05, 4.69) is 11.4 Å². The number of rotatable bonds is 6. The first-order chi connectivity index (χ1) is 16.2. The van der Waals surface area contributed by atoms with Crippen molar-refractivity contribution < 1.29 is 18.0 Å². The summed E-state index contributed by atoms with van der Waals surface area (Å²) >= 11 is 0. The van der Waals surface area contributed by atoms with Gasteiger partial charge >= 0.3 is 0 Å². The quantitative estimate of drug-likeness (QED) is 0.654. The van der Waals surface area contributed by atoms with Crippen molar-refractivity contribution in [1.29, 1.82) is 5.26 Å². The van der Waals surface area contributed by atoms with E-state index in [0.717, 1.165) is 17.5 Å². The molecule has 4 rings (SSSR count). The lowest BCUT2D eigenvalue weighted by molar-refractivity contribution is -0.142. The molecule has 3 aliphatic heterocycles. The van der Waals surface area contributed by atoms with Crippen molar-refractivity contribution in [3.8, 4) is 6.07 Å². The van der Waals surface area contributed by atoms with Gasteiger partial charge in [-0.25, -0.2) is 0 Å². The largest absolute Gasteiger partial charge is 0.348 e. The molecule has 9 nitrogen and oxygen atoms in total. The van der Waals surface area contributed by atoms with Gasteiger partial charge in [0.1, 0.15) is 6.04 Å².